The SMILES string of the molecule is CONc1nc(Cl)nc2cc(I)c(OC)cc12. The summed E-state index contributed by atoms with van der Waals surface area (Å²) in [5.41, 5.74) is 3.40. The summed E-state index contributed by atoms with van der Waals surface area (Å²) in [6.07, 6.45) is 0. The molecule has 90 valence electrons. The normalized spacial score (nSPS) is 10.6. The summed E-state index contributed by atoms with van der Waals surface area (Å²) >= 11 is 8.01. The maximum Gasteiger partial charge on any atom is 0.224 e. The summed E-state index contributed by atoms with van der Waals surface area (Å²) in [5, 5.41) is 0.950. The molecule has 0 aliphatic rings. The summed E-state index contributed by atoms with van der Waals surface area (Å²) in [6, 6.07) is 3.72. The number of hydrogen-bond acceptors (Lipinski definition) is 5. The summed E-state index contributed by atoms with van der Waals surface area (Å²) in [7, 11) is 3.12. The first-order valence-corrected chi connectivity index (χ1v) is 6.11. The third kappa shape index (κ3) is 2.53. The van der Waals surface area contributed by atoms with Crippen LogP contribution in [-0.4, -0.2) is 24.2 Å². The second-order valence-corrected chi connectivity index (χ2v) is 4.65. The van der Waals surface area contributed by atoms with E-state index in [1.165, 1.54) is 7.11 Å². The van der Waals surface area contributed by atoms with Crippen molar-refractivity contribution in [3.8, 4) is 5.75 Å². The molecule has 1 aromatic carbocycles. The van der Waals surface area contributed by atoms with Crippen molar-refractivity contribution < 1.29 is 9.57 Å². The molecule has 0 amide bonds. The summed E-state index contributed by atoms with van der Waals surface area (Å²) in [6.45, 7) is 0. The number of hydrogen-bond donors (Lipinski definition) is 1. The predicted octanol–water partition coefficient (Wildman–Crippen LogP) is 2.87. The maximum atomic E-state index is 5.83. The zero-order valence-corrected chi connectivity index (χ0v) is 12.0. The Hall–Kier alpha value is -0.860. The fourth-order valence-electron chi connectivity index (χ4n) is 1.43. The minimum absolute atomic E-state index is 0.165. The average molecular weight is 366 g/mol. The molecule has 0 unspecified atom stereocenters. The van der Waals surface area contributed by atoms with Gasteiger partial charge < -0.3 is 4.74 Å². The monoisotopic (exact) mass is 365 g/mol. The molecule has 2 aromatic rings. The zero-order chi connectivity index (χ0) is 12.4. The molecule has 0 bridgehead atoms. The van der Waals surface area contributed by atoms with Gasteiger partial charge in [0.1, 0.15) is 5.75 Å². The van der Waals surface area contributed by atoms with Gasteiger partial charge in [0.2, 0.25) is 5.28 Å². The van der Waals surface area contributed by atoms with Crippen LogP contribution in [0, 0.1) is 3.57 Å². The lowest BCUT2D eigenvalue weighted by atomic mass is 10.2. The molecular formula is C10H9ClIN3O2. The number of nitrogens with zero attached hydrogens (tertiary/aromatic N) is 2. The summed E-state index contributed by atoms with van der Waals surface area (Å²) in [5.74, 6) is 1.26. The number of methoxy groups -OCH3 is 1. The van der Waals surface area contributed by atoms with E-state index in [9.17, 15) is 0 Å². The lowest BCUT2D eigenvalue weighted by molar-refractivity contribution is 0.269. The number of nitrogens with one attached hydrogen (secondary N) is 1. The number of halogens is 2. The topological polar surface area (TPSA) is 56.3 Å². The number of aromatic nitrogens is 2. The van der Waals surface area contributed by atoms with Gasteiger partial charge in [-0.15, -0.1) is 0 Å². The van der Waals surface area contributed by atoms with Gasteiger partial charge in [0.05, 0.1) is 23.3 Å². The third-order valence-corrected chi connectivity index (χ3v) is 3.15. The van der Waals surface area contributed by atoms with Crippen LogP contribution in [0.15, 0.2) is 12.1 Å². The number of fused-ring (bicyclic) bond motifs is 1. The van der Waals surface area contributed by atoms with E-state index in [4.69, 9.17) is 21.2 Å². The summed E-state index contributed by atoms with van der Waals surface area (Å²) in [4.78, 5) is 13.1. The first-order valence-electron chi connectivity index (χ1n) is 4.65. The Morgan fingerprint density at radius 1 is 1.29 bits per heavy atom. The van der Waals surface area contributed by atoms with Crippen LogP contribution >= 0.6 is 34.2 Å². The van der Waals surface area contributed by atoms with Gasteiger partial charge in [-0.1, -0.05) is 0 Å². The van der Waals surface area contributed by atoms with E-state index in [0.29, 0.717) is 5.82 Å². The van der Waals surface area contributed by atoms with E-state index in [1.54, 1.807) is 7.11 Å². The van der Waals surface area contributed by atoms with E-state index in [1.807, 2.05) is 12.1 Å². The van der Waals surface area contributed by atoms with Crippen LogP contribution in [0.5, 0.6) is 5.75 Å². The molecule has 0 atom stereocenters. The molecule has 0 spiro atoms. The highest BCUT2D eigenvalue weighted by Crippen LogP contribution is 2.30. The van der Waals surface area contributed by atoms with Crippen molar-refractivity contribution in [3.05, 3.63) is 21.0 Å². The molecule has 0 aliphatic heterocycles. The van der Waals surface area contributed by atoms with Crippen molar-refractivity contribution in [2.24, 2.45) is 0 Å². The lowest BCUT2D eigenvalue weighted by Crippen LogP contribution is -2.01. The standard InChI is InChI=1S/C10H9ClIN3O2/c1-16-8-3-5-7(4-6(8)12)13-10(11)14-9(5)15-17-2/h3-4H,1-2H3,(H,13,14,15). The van der Waals surface area contributed by atoms with E-state index in [0.717, 1.165) is 20.2 Å². The van der Waals surface area contributed by atoms with Crippen LogP contribution in [0.25, 0.3) is 10.9 Å². The largest absolute Gasteiger partial charge is 0.496 e. The van der Waals surface area contributed by atoms with Crippen LogP contribution in [0.4, 0.5) is 5.82 Å². The first kappa shape index (κ1) is 12.6. The fraction of sp³-hybridized carbons (Fsp3) is 0.200. The van der Waals surface area contributed by atoms with Crippen molar-refractivity contribution >= 4 is 50.9 Å². The first-order chi connectivity index (χ1) is 8.15. The predicted molar refractivity (Wildman–Crippen MR) is 74.4 cm³/mol. The van der Waals surface area contributed by atoms with Gasteiger partial charge >= 0.3 is 0 Å². The van der Waals surface area contributed by atoms with Crippen molar-refractivity contribution in [2.75, 3.05) is 19.7 Å². The molecular weight excluding hydrogens is 356 g/mol. The van der Waals surface area contributed by atoms with Gasteiger partial charge in [0.25, 0.3) is 0 Å². The highest BCUT2D eigenvalue weighted by Gasteiger charge is 2.10. The Kier molecular flexibility index (Phi) is 3.85. The third-order valence-electron chi connectivity index (χ3n) is 2.14. The average Bonchev–Trinajstić information content (AvgIpc) is 2.28. The second kappa shape index (κ2) is 5.19. The molecule has 0 saturated heterocycles. The Morgan fingerprint density at radius 3 is 2.71 bits per heavy atom. The molecule has 0 radical (unpaired) electrons. The molecule has 17 heavy (non-hydrogen) atoms. The van der Waals surface area contributed by atoms with Crippen molar-refractivity contribution in [2.45, 2.75) is 0 Å². The Labute approximate surface area is 117 Å². The van der Waals surface area contributed by atoms with Crippen molar-refractivity contribution in [1.82, 2.24) is 9.97 Å². The Bertz CT molecular complexity index is 565. The van der Waals surface area contributed by atoms with Gasteiger partial charge in [-0.05, 0) is 46.3 Å². The van der Waals surface area contributed by atoms with Crippen LogP contribution in [-0.2, 0) is 4.84 Å². The number of rotatable bonds is 3. The number of benzene rings is 1. The molecule has 1 N–H and O–H groups in total. The number of ether oxygens (including phenoxy) is 1. The quantitative estimate of drug-likeness (QED) is 0.515. The van der Waals surface area contributed by atoms with Gasteiger partial charge in [-0.2, -0.15) is 4.98 Å². The highest BCUT2D eigenvalue weighted by molar-refractivity contribution is 14.1. The lowest BCUT2D eigenvalue weighted by Gasteiger charge is -2.09. The Morgan fingerprint density at radius 2 is 2.06 bits per heavy atom. The molecule has 1 aromatic heterocycles. The van der Waals surface area contributed by atoms with Crippen LogP contribution in [0.2, 0.25) is 5.28 Å². The van der Waals surface area contributed by atoms with Crippen molar-refractivity contribution in [1.29, 1.82) is 0 Å². The van der Waals surface area contributed by atoms with Crippen LogP contribution < -0.4 is 10.2 Å². The van der Waals surface area contributed by atoms with Gasteiger partial charge in [-0.25, -0.2) is 10.5 Å². The van der Waals surface area contributed by atoms with E-state index in [-0.39, 0.29) is 5.28 Å². The van der Waals surface area contributed by atoms with Gasteiger partial charge in [-0.3, -0.25) is 4.84 Å². The van der Waals surface area contributed by atoms with Crippen LogP contribution in [0.1, 0.15) is 0 Å². The molecule has 7 heteroatoms. The molecule has 0 saturated carbocycles. The molecule has 2 rings (SSSR count). The number of anilines is 1. The molecule has 5 nitrogen and oxygen atoms in total. The smallest absolute Gasteiger partial charge is 0.224 e. The minimum Gasteiger partial charge on any atom is -0.496 e. The van der Waals surface area contributed by atoms with Gasteiger partial charge in [0.15, 0.2) is 5.82 Å². The Balaban J connectivity index is 2.71. The highest BCUT2D eigenvalue weighted by atomic mass is 127. The maximum absolute atomic E-state index is 5.83. The molecule has 0 aliphatic carbocycles. The second-order valence-electron chi connectivity index (χ2n) is 3.15. The van der Waals surface area contributed by atoms with E-state index in [2.05, 4.69) is 38.0 Å². The van der Waals surface area contributed by atoms with E-state index >= 15 is 0 Å². The van der Waals surface area contributed by atoms with E-state index < -0.39 is 0 Å². The molecule has 1 heterocycles. The van der Waals surface area contributed by atoms with Crippen LogP contribution in [0.3, 0.4) is 0 Å². The zero-order valence-electron chi connectivity index (χ0n) is 9.12. The fourth-order valence-corrected chi connectivity index (χ4v) is 2.28. The molecule has 0 fully saturated rings. The van der Waals surface area contributed by atoms with Crippen molar-refractivity contribution in [3.63, 3.8) is 0 Å². The summed E-state index contributed by atoms with van der Waals surface area (Å²) < 4.78 is 6.21. The minimum atomic E-state index is 0.165. The van der Waals surface area contributed by atoms with Gasteiger partial charge in [0, 0.05) is 5.39 Å².